The van der Waals surface area contributed by atoms with Crippen LogP contribution in [-0.2, 0) is 21.4 Å². The summed E-state index contributed by atoms with van der Waals surface area (Å²) in [5.41, 5.74) is 1.03. The van der Waals surface area contributed by atoms with E-state index in [0.29, 0.717) is 24.4 Å². The molecule has 0 aliphatic carbocycles. The molecule has 3 rings (SSSR count). The van der Waals surface area contributed by atoms with Crippen LogP contribution in [0.2, 0.25) is 0 Å². The molecular weight excluding hydrogens is 350 g/mol. The van der Waals surface area contributed by atoms with Gasteiger partial charge in [0.05, 0.1) is 10.8 Å². The molecule has 0 bridgehead atoms. The maximum atomic E-state index is 13.1. The molecule has 1 aromatic carbocycles. The molecule has 1 aliphatic rings. The highest BCUT2D eigenvalue weighted by Gasteiger charge is 2.33. The molecule has 1 aromatic heterocycles. The number of carbonyl (C=O) groups excluding carboxylic acids is 1. The molecule has 26 heavy (non-hydrogen) atoms. The van der Waals surface area contributed by atoms with Crippen molar-refractivity contribution >= 4 is 26.8 Å². The highest BCUT2D eigenvalue weighted by molar-refractivity contribution is 7.89. The molecule has 0 spiro atoms. The maximum absolute atomic E-state index is 13.1. The second-order valence-electron chi connectivity index (χ2n) is 6.82. The van der Waals surface area contributed by atoms with Gasteiger partial charge in [-0.15, -0.1) is 0 Å². The van der Waals surface area contributed by atoms with Gasteiger partial charge in [-0.1, -0.05) is 6.92 Å². The SMILES string of the molecule is CCCNC(=O)C1CCCN(S(=O)(=O)c2ccc3c(ccn3CC)c2)C1. The molecule has 1 fully saturated rings. The van der Waals surface area contributed by atoms with Crippen LogP contribution in [0.25, 0.3) is 10.9 Å². The highest BCUT2D eigenvalue weighted by atomic mass is 32.2. The van der Waals surface area contributed by atoms with Crippen molar-refractivity contribution in [3.63, 3.8) is 0 Å². The Hall–Kier alpha value is -1.86. The normalized spacial score (nSPS) is 18.9. The Labute approximate surface area is 155 Å². The number of fused-ring (bicyclic) bond motifs is 1. The Bertz CT molecular complexity index is 889. The largest absolute Gasteiger partial charge is 0.356 e. The predicted octanol–water partition coefficient (Wildman–Crippen LogP) is 2.59. The number of aromatic nitrogens is 1. The summed E-state index contributed by atoms with van der Waals surface area (Å²) in [7, 11) is -3.59. The van der Waals surface area contributed by atoms with Gasteiger partial charge in [-0.25, -0.2) is 8.42 Å². The van der Waals surface area contributed by atoms with Gasteiger partial charge in [0.15, 0.2) is 0 Å². The number of nitrogens with zero attached hydrogens (tertiary/aromatic N) is 2. The molecule has 142 valence electrons. The number of hydrogen-bond acceptors (Lipinski definition) is 3. The first-order valence-electron chi connectivity index (χ1n) is 9.34. The van der Waals surface area contributed by atoms with E-state index in [0.717, 1.165) is 30.3 Å². The quantitative estimate of drug-likeness (QED) is 0.841. The van der Waals surface area contributed by atoms with E-state index in [-0.39, 0.29) is 18.4 Å². The van der Waals surface area contributed by atoms with Gasteiger partial charge >= 0.3 is 0 Å². The molecule has 1 amide bonds. The number of amides is 1. The van der Waals surface area contributed by atoms with Crippen LogP contribution in [-0.4, -0.2) is 42.8 Å². The van der Waals surface area contributed by atoms with E-state index < -0.39 is 10.0 Å². The molecule has 7 heteroatoms. The molecule has 1 saturated heterocycles. The summed E-state index contributed by atoms with van der Waals surface area (Å²) in [5.74, 6) is -0.308. The Morgan fingerprint density at radius 3 is 2.81 bits per heavy atom. The Morgan fingerprint density at radius 1 is 1.27 bits per heavy atom. The van der Waals surface area contributed by atoms with Crippen molar-refractivity contribution in [3.05, 3.63) is 30.5 Å². The lowest BCUT2D eigenvalue weighted by Crippen LogP contribution is -2.45. The molecule has 1 aliphatic heterocycles. The monoisotopic (exact) mass is 377 g/mol. The van der Waals surface area contributed by atoms with Crippen LogP contribution in [0.5, 0.6) is 0 Å². The van der Waals surface area contributed by atoms with E-state index in [1.165, 1.54) is 4.31 Å². The first kappa shape index (κ1) is 18.9. The van der Waals surface area contributed by atoms with Gasteiger partial charge in [0.25, 0.3) is 0 Å². The van der Waals surface area contributed by atoms with E-state index in [4.69, 9.17) is 0 Å². The second-order valence-corrected chi connectivity index (χ2v) is 8.75. The van der Waals surface area contributed by atoms with Crippen molar-refractivity contribution in [3.8, 4) is 0 Å². The molecule has 6 nitrogen and oxygen atoms in total. The Kier molecular flexibility index (Phi) is 5.67. The maximum Gasteiger partial charge on any atom is 0.243 e. The average Bonchev–Trinajstić information content (AvgIpc) is 3.08. The van der Waals surface area contributed by atoms with Crippen LogP contribution in [0.1, 0.15) is 33.1 Å². The van der Waals surface area contributed by atoms with Crippen LogP contribution in [0, 0.1) is 5.92 Å². The van der Waals surface area contributed by atoms with Crippen molar-refractivity contribution in [1.82, 2.24) is 14.2 Å². The third-order valence-corrected chi connectivity index (χ3v) is 6.89. The first-order valence-corrected chi connectivity index (χ1v) is 10.8. The number of carbonyl (C=O) groups is 1. The van der Waals surface area contributed by atoms with Crippen LogP contribution >= 0.6 is 0 Å². The van der Waals surface area contributed by atoms with Crippen molar-refractivity contribution in [1.29, 1.82) is 0 Å². The molecule has 2 aromatic rings. The minimum atomic E-state index is -3.59. The van der Waals surface area contributed by atoms with E-state index >= 15 is 0 Å². The zero-order valence-electron chi connectivity index (χ0n) is 15.4. The fourth-order valence-electron chi connectivity index (χ4n) is 3.53. The van der Waals surface area contributed by atoms with E-state index in [9.17, 15) is 13.2 Å². The van der Waals surface area contributed by atoms with E-state index in [1.54, 1.807) is 12.1 Å². The van der Waals surface area contributed by atoms with E-state index in [2.05, 4.69) is 16.8 Å². The molecule has 0 saturated carbocycles. The summed E-state index contributed by atoms with van der Waals surface area (Å²) in [6.45, 7) is 6.25. The zero-order valence-corrected chi connectivity index (χ0v) is 16.3. The van der Waals surface area contributed by atoms with Crippen molar-refractivity contribution in [2.75, 3.05) is 19.6 Å². The van der Waals surface area contributed by atoms with Gasteiger partial charge in [-0.2, -0.15) is 4.31 Å². The molecule has 2 heterocycles. The lowest BCUT2D eigenvalue weighted by Gasteiger charge is -2.31. The summed E-state index contributed by atoms with van der Waals surface area (Å²) in [4.78, 5) is 12.5. The van der Waals surface area contributed by atoms with Gasteiger partial charge in [0.2, 0.25) is 15.9 Å². The van der Waals surface area contributed by atoms with Crippen LogP contribution in [0.4, 0.5) is 0 Å². The van der Waals surface area contributed by atoms with Crippen LogP contribution in [0.15, 0.2) is 35.4 Å². The molecule has 1 unspecified atom stereocenters. The molecule has 1 N–H and O–H groups in total. The standard InChI is InChI=1S/C19H27N3O3S/c1-3-10-20-19(23)16-6-5-11-22(14-16)26(24,25)17-7-8-18-15(13-17)9-12-21(18)4-2/h7-9,12-13,16H,3-6,10-11,14H2,1-2H3,(H,20,23). The molecular formula is C19H27N3O3S. The lowest BCUT2D eigenvalue weighted by molar-refractivity contribution is -0.126. The summed E-state index contributed by atoms with van der Waals surface area (Å²) in [6, 6.07) is 7.21. The first-order chi connectivity index (χ1) is 12.5. The summed E-state index contributed by atoms with van der Waals surface area (Å²) in [5, 5.41) is 3.80. The number of sulfonamides is 1. The predicted molar refractivity (Wildman–Crippen MR) is 102 cm³/mol. The number of nitrogens with one attached hydrogen (secondary N) is 1. The number of benzene rings is 1. The third kappa shape index (κ3) is 3.64. The van der Waals surface area contributed by atoms with Crippen LogP contribution in [0.3, 0.4) is 0 Å². The lowest BCUT2D eigenvalue weighted by atomic mass is 9.99. The minimum Gasteiger partial charge on any atom is -0.356 e. The van der Waals surface area contributed by atoms with E-state index in [1.807, 2.05) is 25.3 Å². The van der Waals surface area contributed by atoms with Gasteiger partial charge in [0, 0.05) is 43.3 Å². The number of rotatable bonds is 6. The highest BCUT2D eigenvalue weighted by Crippen LogP contribution is 2.26. The van der Waals surface area contributed by atoms with Crippen molar-refractivity contribution in [2.24, 2.45) is 5.92 Å². The fraction of sp³-hybridized carbons (Fsp3) is 0.526. The van der Waals surface area contributed by atoms with Crippen molar-refractivity contribution < 1.29 is 13.2 Å². The summed E-state index contributed by atoms with van der Waals surface area (Å²) < 4.78 is 29.7. The van der Waals surface area contributed by atoms with Gasteiger partial charge in [-0.05, 0) is 50.5 Å². The Morgan fingerprint density at radius 2 is 2.08 bits per heavy atom. The third-order valence-electron chi connectivity index (χ3n) is 5.03. The van der Waals surface area contributed by atoms with Crippen LogP contribution < -0.4 is 5.32 Å². The number of aryl methyl sites for hydroxylation is 1. The van der Waals surface area contributed by atoms with Crippen molar-refractivity contribution in [2.45, 2.75) is 44.6 Å². The van der Waals surface area contributed by atoms with Gasteiger partial charge < -0.3 is 9.88 Å². The second kappa shape index (κ2) is 7.80. The smallest absolute Gasteiger partial charge is 0.243 e. The summed E-state index contributed by atoms with van der Waals surface area (Å²) >= 11 is 0. The van der Waals surface area contributed by atoms with Gasteiger partial charge in [-0.3, -0.25) is 4.79 Å². The summed E-state index contributed by atoms with van der Waals surface area (Å²) in [6.07, 6.45) is 4.28. The topological polar surface area (TPSA) is 71.4 Å². The molecule has 1 atom stereocenters. The van der Waals surface area contributed by atoms with Gasteiger partial charge in [0.1, 0.15) is 0 Å². The average molecular weight is 378 g/mol. The molecule has 0 radical (unpaired) electrons. The fourth-order valence-corrected chi connectivity index (χ4v) is 5.09. The minimum absolute atomic E-state index is 0.0396. The zero-order chi connectivity index (χ0) is 18.7. The number of hydrogen-bond donors (Lipinski definition) is 1. The Balaban J connectivity index is 1.82. The number of piperidine rings is 1.